The number of carbonyl (C=O) groups excluding carboxylic acids is 1. The van der Waals surface area contributed by atoms with Gasteiger partial charge >= 0.3 is 0 Å². The number of rotatable bonds is 3. The summed E-state index contributed by atoms with van der Waals surface area (Å²) in [5, 5.41) is 0. The van der Waals surface area contributed by atoms with Gasteiger partial charge in [0, 0.05) is 17.4 Å². The predicted molar refractivity (Wildman–Crippen MR) is 59.2 cm³/mol. The molecule has 2 N–H and O–H groups in total. The summed E-state index contributed by atoms with van der Waals surface area (Å²) >= 11 is 0. The average Bonchev–Trinajstić information content (AvgIpc) is 2.74. The van der Waals surface area contributed by atoms with Crippen molar-refractivity contribution in [2.24, 2.45) is 5.73 Å². The van der Waals surface area contributed by atoms with Crippen molar-refractivity contribution >= 4 is 5.91 Å². The first kappa shape index (κ1) is 11.3. The van der Waals surface area contributed by atoms with Crippen molar-refractivity contribution in [1.82, 2.24) is 4.57 Å². The predicted octanol–water partition coefficient (Wildman–Crippen LogP) is 2.51. The largest absolute Gasteiger partial charge is 0.364 e. The molecule has 0 aliphatic rings. The molecule has 0 radical (unpaired) electrons. The van der Waals surface area contributed by atoms with Crippen molar-refractivity contribution in [1.29, 1.82) is 0 Å². The van der Waals surface area contributed by atoms with E-state index in [2.05, 4.69) is 0 Å². The third kappa shape index (κ3) is 2.04. The normalized spacial score (nSPS) is 10.8. The highest BCUT2D eigenvalue weighted by molar-refractivity contribution is 5.93. The summed E-state index contributed by atoms with van der Waals surface area (Å²) in [7, 11) is 0. The molecular weight excluding hydrogens is 226 g/mol. The number of hydrogen-bond acceptors (Lipinski definition) is 1. The Morgan fingerprint density at radius 3 is 2.35 bits per heavy atom. The van der Waals surface area contributed by atoms with E-state index < -0.39 is 12.3 Å². The van der Waals surface area contributed by atoms with Gasteiger partial charge in [0.05, 0.1) is 0 Å². The van der Waals surface area contributed by atoms with E-state index in [1.54, 1.807) is 30.3 Å². The van der Waals surface area contributed by atoms with E-state index in [0.717, 1.165) is 0 Å². The van der Waals surface area contributed by atoms with Gasteiger partial charge in [-0.05, 0) is 18.2 Å². The smallest absolute Gasteiger partial charge is 0.266 e. The van der Waals surface area contributed by atoms with Gasteiger partial charge in [0.2, 0.25) is 0 Å². The summed E-state index contributed by atoms with van der Waals surface area (Å²) < 4.78 is 26.8. The molecule has 0 atom stereocenters. The van der Waals surface area contributed by atoms with Gasteiger partial charge in [0.15, 0.2) is 0 Å². The summed E-state index contributed by atoms with van der Waals surface area (Å²) in [6, 6.07) is 9.93. The van der Waals surface area contributed by atoms with Crippen LogP contribution in [-0.2, 0) is 0 Å². The lowest BCUT2D eigenvalue weighted by Crippen LogP contribution is -2.18. The molecule has 88 valence electrons. The molecule has 0 fully saturated rings. The molecular formula is C12H10F2N2O. The summed E-state index contributed by atoms with van der Waals surface area (Å²) in [6.45, 7) is 0. The molecule has 0 saturated carbocycles. The fraction of sp³-hybridized carbons (Fsp3) is 0.0833. The summed E-state index contributed by atoms with van der Waals surface area (Å²) in [5.41, 5.74) is 5.24. The fourth-order valence-corrected chi connectivity index (χ4v) is 1.69. The van der Waals surface area contributed by atoms with E-state index >= 15 is 0 Å². The van der Waals surface area contributed by atoms with Crippen LogP contribution in [0.4, 0.5) is 8.78 Å². The topological polar surface area (TPSA) is 48.0 Å². The third-order valence-electron chi connectivity index (χ3n) is 2.42. The monoisotopic (exact) mass is 236 g/mol. The van der Waals surface area contributed by atoms with Gasteiger partial charge in [-0.15, -0.1) is 0 Å². The Morgan fingerprint density at radius 1 is 1.18 bits per heavy atom. The Labute approximate surface area is 96.5 Å². The van der Waals surface area contributed by atoms with Gasteiger partial charge in [-0.3, -0.25) is 4.79 Å². The number of primary amides is 1. The van der Waals surface area contributed by atoms with Gasteiger partial charge in [-0.1, -0.05) is 18.2 Å². The lowest BCUT2D eigenvalue weighted by molar-refractivity contribution is 0.0979. The van der Waals surface area contributed by atoms with Gasteiger partial charge in [0.25, 0.3) is 12.3 Å². The number of alkyl halides is 2. The minimum Gasteiger partial charge on any atom is -0.364 e. The van der Waals surface area contributed by atoms with Crippen LogP contribution in [0.25, 0.3) is 5.69 Å². The maximum atomic E-state index is 12.7. The molecule has 1 heterocycles. The van der Waals surface area contributed by atoms with E-state index in [1.165, 1.54) is 16.8 Å². The molecule has 2 rings (SSSR count). The molecule has 1 aromatic carbocycles. The van der Waals surface area contributed by atoms with Crippen molar-refractivity contribution in [3.05, 3.63) is 53.9 Å². The number of halogens is 2. The quantitative estimate of drug-likeness (QED) is 0.874. The summed E-state index contributed by atoms with van der Waals surface area (Å²) in [4.78, 5) is 11.2. The van der Waals surface area contributed by atoms with Crippen LogP contribution in [0.5, 0.6) is 0 Å². The first-order valence-electron chi connectivity index (χ1n) is 4.96. The van der Waals surface area contributed by atoms with Crippen LogP contribution in [-0.4, -0.2) is 10.5 Å². The maximum Gasteiger partial charge on any atom is 0.266 e. The second-order valence-electron chi connectivity index (χ2n) is 3.49. The molecule has 5 heteroatoms. The van der Waals surface area contributed by atoms with Crippen LogP contribution in [0.2, 0.25) is 0 Å². The van der Waals surface area contributed by atoms with Crippen LogP contribution >= 0.6 is 0 Å². The van der Waals surface area contributed by atoms with E-state index in [1.807, 2.05) is 0 Å². The molecule has 0 unspecified atom stereocenters. The molecule has 0 aliphatic carbocycles. The number of benzene rings is 1. The molecule has 3 nitrogen and oxygen atoms in total. The molecule has 1 amide bonds. The van der Waals surface area contributed by atoms with E-state index in [4.69, 9.17) is 5.73 Å². The Balaban J connectivity index is 2.60. The van der Waals surface area contributed by atoms with Crippen molar-refractivity contribution < 1.29 is 13.6 Å². The van der Waals surface area contributed by atoms with Crippen LogP contribution in [0.3, 0.4) is 0 Å². The van der Waals surface area contributed by atoms with Crippen LogP contribution in [0, 0.1) is 0 Å². The first-order valence-corrected chi connectivity index (χ1v) is 4.96. The average molecular weight is 236 g/mol. The lowest BCUT2D eigenvalue weighted by atomic mass is 10.2. The van der Waals surface area contributed by atoms with Crippen molar-refractivity contribution in [2.45, 2.75) is 6.43 Å². The highest BCUT2D eigenvalue weighted by Crippen LogP contribution is 2.25. The molecule has 0 spiro atoms. The SMILES string of the molecule is NC(=O)c1c(C(F)F)ccn1-c1ccccc1. The Kier molecular flexibility index (Phi) is 2.91. The number of aromatic nitrogens is 1. The zero-order valence-electron chi connectivity index (χ0n) is 8.81. The Hall–Kier alpha value is -2.17. The Bertz CT molecular complexity index is 535. The van der Waals surface area contributed by atoms with E-state index in [9.17, 15) is 13.6 Å². The van der Waals surface area contributed by atoms with Crippen molar-refractivity contribution in [2.75, 3.05) is 0 Å². The Morgan fingerprint density at radius 2 is 1.82 bits per heavy atom. The van der Waals surface area contributed by atoms with Crippen molar-refractivity contribution in [3.63, 3.8) is 0 Å². The fourth-order valence-electron chi connectivity index (χ4n) is 1.69. The summed E-state index contributed by atoms with van der Waals surface area (Å²) in [6.07, 6.45) is -1.31. The zero-order valence-corrected chi connectivity index (χ0v) is 8.81. The number of amides is 1. The molecule has 1 aromatic heterocycles. The minimum atomic E-state index is -2.72. The maximum absolute atomic E-state index is 12.7. The van der Waals surface area contributed by atoms with Crippen molar-refractivity contribution in [3.8, 4) is 5.69 Å². The van der Waals surface area contributed by atoms with E-state index in [-0.39, 0.29) is 11.3 Å². The second kappa shape index (κ2) is 4.37. The van der Waals surface area contributed by atoms with Gasteiger partial charge < -0.3 is 10.3 Å². The van der Waals surface area contributed by atoms with Gasteiger partial charge in [0.1, 0.15) is 5.69 Å². The number of nitrogens with two attached hydrogens (primary N) is 1. The summed E-state index contributed by atoms with van der Waals surface area (Å²) in [5.74, 6) is -0.867. The number of carbonyl (C=O) groups is 1. The third-order valence-corrected chi connectivity index (χ3v) is 2.42. The molecule has 0 bridgehead atoms. The number of para-hydroxylation sites is 1. The lowest BCUT2D eigenvalue weighted by Gasteiger charge is -2.08. The minimum absolute atomic E-state index is 0.175. The van der Waals surface area contributed by atoms with Gasteiger partial charge in [-0.2, -0.15) is 0 Å². The van der Waals surface area contributed by atoms with Crippen LogP contribution < -0.4 is 5.73 Å². The molecule has 0 saturated heterocycles. The van der Waals surface area contributed by atoms with Crippen LogP contribution in [0.15, 0.2) is 42.6 Å². The highest BCUT2D eigenvalue weighted by Gasteiger charge is 2.21. The van der Waals surface area contributed by atoms with E-state index in [0.29, 0.717) is 5.69 Å². The van der Waals surface area contributed by atoms with Crippen LogP contribution in [0.1, 0.15) is 22.5 Å². The standard InChI is InChI=1S/C12H10F2N2O/c13-11(14)9-6-7-16(10(9)12(15)17)8-4-2-1-3-5-8/h1-7,11H,(H2,15,17). The first-order chi connectivity index (χ1) is 8.11. The van der Waals surface area contributed by atoms with Gasteiger partial charge in [-0.25, -0.2) is 8.78 Å². The zero-order chi connectivity index (χ0) is 12.4. The number of hydrogen-bond donors (Lipinski definition) is 1. The molecule has 0 aliphatic heterocycles. The highest BCUT2D eigenvalue weighted by atomic mass is 19.3. The molecule has 2 aromatic rings. The molecule has 17 heavy (non-hydrogen) atoms. The number of nitrogens with zero attached hydrogens (tertiary/aromatic N) is 1. The second-order valence-corrected chi connectivity index (χ2v) is 3.49.